The molecule has 2 heterocycles. The lowest BCUT2D eigenvalue weighted by Crippen LogP contribution is -2.31. The minimum atomic E-state index is -0.881. The summed E-state index contributed by atoms with van der Waals surface area (Å²) < 4.78 is 16.2. The number of aliphatic hydroxyl groups is 1. The molecule has 2 aromatic carbocycles. The highest BCUT2D eigenvalue weighted by atomic mass is 16.7. The number of carbonyl (C=O) groups is 2. The number of para-hydroxylation sites is 1. The van der Waals surface area contributed by atoms with Crippen LogP contribution in [0.4, 0.5) is 5.69 Å². The van der Waals surface area contributed by atoms with Gasteiger partial charge in [-0.3, -0.25) is 14.5 Å². The standard InChI is InChI=1S/C26H27N3O6/c1-5-33-14-34-20-9-7-6-8-19(20)22-21(23(30)15(2)3)24(31)26(32)29(22)18-12-10-17(11-13-18)25-27-16(4)35-28-25/h6-13,15,22,31H,5,14H2,1-4H3. The molecule has 0 saturated carbocycles. The van der Waals surface area contributed by atoms with E-state index in [1.165, 1.54) is 4.90 Å². The zero-order valence-corrected chi connectivity index (χ0v) is 20.0. The maximum atomic E-state index is 13.3. The Balaban J connectivity index is 1.79. The van der Waals surface area contributed by atoms with E-state index in [9.17, 15) is 14.7 Å². The number of ketones is 1. The van der Waals surface area contributed by atoms with E-state index in [0.717, 1.165) is 0 Å². The summed E-state index contributed by atoms with van der Waals surface area (Å²) >= 11 is 0. The number of amides is 1. The normalized spacial score (nSPS) is 15.9. The average molecular weight is 478 g/mol. The molecule has 1 amide bonds. The highest BCUT2D eigenvalue weighted by Crippen LogP contribution is 2.44. The lowest BCUT2D eigenvalue weighted by Gasteiger charge is -2.28. The molecule has 4 rings (SSSR count). The van der Waals surface area contributed by atoms with Crippen LogP contribution in [0, 0.1) is 12.8 Å². The van der Waals surface area contributed by atoms with Crippen molar-refractivity contribution >= 4 is 17.4 Å². The third kappa shape index (κ3) is 4.67. The highest BCUT2D eigenvalue weighted by Gasteiger charge is 2.45. The average Bonchev–Trinajstić information content (AvgIpc) is 3.40. The third-order valence-corrected chi connectivity index (χ3v) is 5.64. The van der Waals surface area contributed by atoms with Gasteiger partial charge in [-0.2, -0.15) is 4.98 Å². The van der Waals surface area contributed by atoms with E-state index in [1.807, 2.05) is 6.92 Å². The molecule has 1 unspecified atom stereocenters. The number of ether oxygens (including phenoxy) is 2. The van der Waals surface area contributed by atoms with Crippen molar-refractivity contribution in [3.05, 3.63) is 71.3 Å². The molecule has 1 aliphatic heterocycles. The van der Waals surface area contributed by atoms with E-state index in [1.54, 1.807) is 69.3 Å². The summed E-state index contributed by atoms with van der Waals surface area (Å²) in [5.41, 5.74) is 1.79. The molecule has 3 aromatic rings. The molecule has 35 heavy (non-hydrogen) atoms. The van der Waals surface area contributed by atoms with Crippen LogP contribution in [0.5, 0.6) is 5.75 Å². The predicted octanol–water partition coefficient (Wildman–Crippen LogP) is 4.54. The second kappa shape index (κ2) is 10.1. The zero-order valence-electron chi connectivity index (χ0n) is 20.0. The number of hydrogen-bond acceptors (Lipinski definition) is 8. The van der Waals surface area contributed by atoms with Crippen molar-refractivity contribution in [2.24, 2.45) is 5.92 Å². The van der Waals surface area contributed by atoms with Crippen LogP contribution in [0.3, 0.4) is 0 Å². The zero-order chi connectivity index (χ0) is 25.1. The van der Waals surface area contributed by atoms with E-state index in [-0.39, 0.29) is 18.1 Å². The Labute approximate surface area is 203 Å². The molecule has 0 aliphatic carbocycles. The number of aryl methyl sites for hydroxylation is 1. The summed E-state index contributed by atoms with van der Waals surface area (Å²) in [5, 5.41) is 14.8. The van der Waals surface area contributed by atoms with Crippen LogP contribution in [-0.2, 0) is 14.3 Å². The quantitative estimate of drug-likeness (QED) is 0.353. The number of Topliss-reactive ketones (excluding diaryl/α,β-unsaturated/α-hetero) is 1. The van der Waals surface area contributed by atoms with Gasteiger partial charge in [0, 0.05) is 36.3 Å². The molecule has 9 heteroatoms. The molecule has 0 saturated heterocycles. The summed E-state index contributed by atoms with van der Waals surface area (Å²) in [4.78, 5) is 32.1. The van der Waals surface area contributed by atoms with E-state index in [2.05, 4.69) is 10.1 Å². The monoisotopic (exact) mass is 477 g/mol. The second-order valence-corrected chi connectivity index (χ2v) is 8.34. The van der Waals surface area contributed by atoms with Crippen LogP contribution >= 0.6 is 0 Å². The van der Waals surface area contributed by atoms with Crippen LogP contribution in [-0.4, -0.2) is 40.3 Å². The maximum absolute atomic E-state index is 13.3. The first kappa shape index (κ1) is 24.2. The number of aliphatic hydroxyl groups excluding tert-OH is 1. The van der Waals surface area contributed by atoms with Gasteiger partial charge in [-0.25, -0.2) is 0 Å². The fraction of sp³-hybridized carbons (Fsp3) is 0.308. The van der Waals surface area contributed by atoms with E-state index in [4.69, 9.17) is 14.0 Å². The number of carbonyl (C=O) groups excluding carboxylic acids is 2. The highest BCUT2D eigenvalue weighted by molar-refractivity contribution is 6.17. The van der Waals surface area contributed by atoms with Gasteiger partial charge in [0.25, 0.3) is 5.91 Å². The Bertz CT molecular complexity index is 1260. The lowest BCUT2D eigenvalue weighted by atomic mass is 9.90. The smallest absolute Gasteiger partial charge is 0.294 e. The SMILES string of the molecule is CCOCOc1ccccc1C1C(C(=O)C(C)C)=C(O)C(=O)N1c1ccc(-c2noc(C)n2)cc1. The van der Waals surface area contributed by atoms with Crippen molar-refractivity contribution < 1.29 is 28.7 Å². The van der Waals surface area contributed by atoms with Crippen LogP contribution in [0.15, 0.2) is 64.4 Å². The van der Waals surface area contributed by atoms with Gasteiger partial charge in [0.15, 0.2) is 18.3 Å². The molecular weight excluding hydrogens is 450 g/mol. The van der Waals surface area contributed by atoms with Crippen LogP contribution < -0.4 is 9.64 Å². The van der Waals surface area contributed by atoms with Gasteiger partial charge in [-0.05, 0) is 37.3 Å². The van der Waals surface area contributed by atoms with E-state index < -0.39 is 23.6 Å². The summed E-state index contributed by atoms with van der Waals surface area (Å²) in [7, 11) is 0. The van der Waals surface area contributed by atoms with Crippen molar-refractivity contribution in [1.29, 1.82) is 0 Å². The summed E-state index contributed by atoms with van der Waals surface area (Å²) in [5.74, 6) is -0.665. The van der Waals surface area contributed by atoms with Gasteiger partial charge >= 0.3 is 0 Å². The number of anilines is 1. The number of rotatable bonds is 9. The Morgan fingerprint density at radius 1 is 1.17 bits per heavy atom. The Hall–Kier alpha value is -3.98. The van der Waals surface area contributed by atoms with Crippen LogP contribution in [0.1, 0.15) is 38.3 Å². The first-order valence-corrected chi connectivity index (χ1v) is 11.3. The molecular formula is C26H27N3O6. The van der Waals surface area contributed by atoms with E-state index >= 15 is 0 Å². The van der Waals surface area contributed by atoms with Crippen molar-refractivity contribution in [1.82, 2.24) is 10.1 Å². The fourth-order valence-electron chi connectivity index (χ4n) is 3.94. The molecule has 0 spiro atoms. The summed E-state index contributed by atoms with van der Waals surface area (Å²) in [6, 6.07) is 13.1. The Morgan fingerprint density at radius 2 is 1.89 bits per heavy atom. The molecule has 9 nitrogen and oxygen atoms in total. The Kier molecular flexibility index (Phi) is 6.97. The summed E-state index contributed by atoms with van der Waals surface area (Å²) in [6.07, 6.45) is 0. The van der Waals surface area contributed by atoms with E-state index in [0.29, 0.717) is 40.9 Å². The topological polar surface area (TPSA) is 115 Å². The number of nitrogens with zero attached hydrogens (tertiary/aromatic N) is 3. The Morgan fingerprint density at radius 3 is 2.51 bits per heavy atom. The second-order valence-electron chi connectivity index (χ2n) is 8.34. The number of hydrogen-bond donors (Lipinski definition) is 1. The van der Waals surface area contributed by atoms with Gasteiger partial charge in [-0.1, -0.05) is 37.2 Å². The van der Waals surface area contributed by atoms with Crippen molar-refractivity contribution in [2.45, 2.75) is 33.7 Å². The molecule has 182 valence electrons. The van der Waals surface area contributed by atoms with Crippen molar-refractivity contribution in [3.8, 4) is 17.1 Å². The van der Waals surface area contributed by atoms with Crippen molar-refractivity contribution in [3.63, 3.8) is 0 Å². The maximum Gasteiger partial charge on any atom is 0.294 e. The molecule has 1 atom stereocenters. The molecule has 0 fully saturated rings. The molecule has 1 N–H and O–H groups in total. The molecule has 1 aromatic heterocycles. The lowest BCUT2D eigenvalue weighted by molar-refractivity contribution is -0.119. The first-order valence-electron chi connectivity index (χ1n) is 11.3. The van der Waals surface area contributed by atoms with Gasteiger partial charge in [-0.15, -0.1) is 0 Å². The van der Waals surface area contributed by atoms with Gasteiger partial charge < -0.3 is 19.1 Å². The van der Waals surface area contributed by atoms with Gasteiger partial charge in [0.2, 0.25) is 11.7 Å². The number of aromatic nitrogens is 2. The summed E-state index contributed by atoms with van der Waals surface area (Å²) in [6.45, 7) is 7.49. The van der Waals surface area contributed by atoms with Gasteiger partial charge in [0.1, 0.15) is 5.75 Å². The predicted molar refractivity (Wildman–Crippen MR) is 128 cm³/mol. The van der Waals surface area contributed by atoms with Crippen LogP contribution in [0.25, 0.3) is 11.4 Å². The van der Waals surface area contributed by atoms with Crippen LogP contribution in [0.2, 0.25) is 0 Å². The third-order valence-electron chi connectivity index (χ3n) is 5.64. The van der Waals surface area contributed by atoms with Gasteiger partial charge in [0.05, 0.1) is 11.6 Å². The minimum Gasteiger partial charge on any atom is -0.503 e. The minimum absolute atomic E-state index is 0.0101. The molecule has 0 radical (unpaired) electrons. The van der Waals surface area contributed by atoms with Crippen molar-refractivity contribution in [2.75, 3.05) is 18.3 Å². The molecule has 0 bridgehead atoms. The molecule has 1 aliphatic rings. The fourth-order valence-corrected chi connectivity index (χ4v) is 3.94. The largest absolute Gasteiger partial charge is 0.503 e. The number of benzene rings is 2. The first-order chi connectivity index (χ1) is 16.8.